The van der Waals surface area contributed by atoms with Crippen molar-refractivity contribution in [2.24, 2.45) is 23.7 Å². The van der Waals surface area contributed by atoms with Crippen molar-refractivity contribution in [1.29, 1.82) is 0 Å². The van der Waals surface area contributed by atoms with Crippen molar-refractivity contribution in [1.82, 2.24) is 0 Å². The fourth-order valence-corrected chi connectivity index (χ4v) is 10.5. The van der Waals surface area contributed by atoms with Gasteiger partial charge in [-0.05, 0) is 181 Å². The van der Waals surface area contributed by atoms with Crippen LogP contribution in [0.15, 0.2) is 97.1 Å². The first-order valence-electron chi connectivity index (χ1n) is 32.3. The molecule has 2 aliphatic rings. The number of ketones is 1. The van der Waals surface area contributed by atoms with Gasteiger partial charge in [0.25, 0.3) is 0 Å². The maximum Gasteiger partial charge on any atom is 0.338 e. The van der Waals surface area contributed by atoms with Crippen LogP contribution in [0, 0.1) is 23.7 Å². The van der Waals surface area contributed by atoms with Crippen molar-refractivity contribution < 1.29 is 60.0 Å². The number of carbonyl (C=O) groups is 6. The Hall–Kier alpha value is -6.30. The number of ether oxygens (including phenoxy) is 6. The molecule has 0 aliphatic heterocycles. The van der Waals surface area contributed by atoms with E-state index in [4.69, 9.17) is 28.4 Å². The molecule has 0 bridgehead atoms. The number of methoxy groups -OCH3 is 1. The lowest BCUT2D eigenvalue weighted by Gasteiger charge is -2.25. The van der Waals surface area contributed by atoms with Crippen molar-refractivity contribution in [2.45, 2.75) is 227 Å². The molecule has 0 radical (unpaired) electrons. The molecule has 2 fully saturated rings. The molecule has 84 heavy (non-hydrogen) atoms. The first kappa shape index (κ1) is 70.2. The molecule has 12 nitrogen and oxygen atoms in total. The average molecular weight is 1160 g/mol. The van der Waals surface area contributed by atoms with Gasteiger partial charge in [-0.1, -0.05) is 155 Å². The Morgan fingerprint density at radius 1 is 0.357 bits per heavy atom. The van der Waals surface area contributed by atoms with Crippen LogP contribution in [0.25, 0.3) is 0 Å². The maximum atomic E-state index is 12.7. The first-order valence-corrected chi connectivity index (χ1v) is 32.3. The van der Waals surface area contributed by atoms with Crippen LogP contribution in [0.2, 0.25) is 0 Å². The lowest BCUT2D eigenvalue weighted by Crippen LogP contribution is -2.30. The van der Waals surface area contributed by atoms with Crippen LogP contribution in [0.3, 0.4) is 0 Å². The molecule has 0 unspecified atom stereocenters. The summed E-state index contributed by atoms with van der Waals surface area (Å²) < 4.78 is 32.3. The Morgan fingerprint density at radius 2 is 0.631 bits per heavy atom. The number of benzene rings is 4. The largest absolute Gasteiger partial charge is 0.497 e. The zero-order valence-electron chi connectivity index (χ0n) is 52.1. The summed E-state index contributed by atoms with van der Waals surface area (Å²) in [6.45, 7) is 11.4. The minimum Gasteiger partial charge on any atom is -0.497 e. The number of esters is 5. The Bertz CT molecular complexity index is 2380. The minimum absolute atomic E-state index is 0. The molecule has 466 valence electrons. The van der Waals surface area contributed by atoms with Gasteiger partial charge in [0.15, 0.2) is 0 Å². The van der Waals surface area contributed by atoms with Gasteiger partial charge in [0, 0.05) is 8.77 Å². The molecule has 2 aliphatic carbocycles. The molecule has 4 aromatic rings. The van der Waals surface area contributed by atoms with Crippen molar-refractivity contribution in [3.8, 4) is 23.0 Å². The maximum absolute atomic E-state index is 12.7. The van der Waals surface area contributed by atoms with Gasteiger partial charge < -0.3 is 28.4 Å². The van der Waals surface area contributed by atoms with Crippen LogP contribution in [-0.4, -0.2) is 56.0 Å². The summed E-state index contributed by atoms with van der Waals surface area (Å²) in [5, 5.41) is 0. The lowest BCUT2D eigenvalue weighted by atomic mass is 9.80. The van der Waals surface area contributed by atoms with Gasteiger partial charge in [0.05, 0.1) is 49.2 Å². The predicted molar refractivity (Wildman–Crippen MR) is 338 cm³/mol. The molecule has 6 rings (SSSR count). The molecule has 0 aromatic heterocycles. The first-order chi connectivity index (χ1) is 40.9. The van der Waals surface area contributed by atoms with E-state index < -0.39 is 0 Å². The third kappa shape index (κ3) is 28.5. The van der Waals surface area contributed by atoms with Gasteiger partial charge >= 0.3 is 29.8 Å². The minimum atomic E-state index is -0.351. The highest BCUT2D eigenvalue weighted by Crippen LogP contribution is 2.33. The molecule has 4 aromatic carbocycles. The molecular weight excluding hydrogens is 1060 g/mol. The number of rotatable bonds is 34. The number of aryl methyl sites for hydroxylation is 2. The molecule has 2 saturated carbocycles. The lowest BCUT2D eigenvalue weighted by molar-refractivity contribution is -0.145. The summed E-state index contributed by atoms with van der Waals surface area (Å²) in [7, 11) is 1.60. The van der Waals surface area contributed by atoms with Crippen LogP contribution >= 0.6 is 0 Å². The molecule has 0 atom stereocenters. The SMILES string of the molecule is CCCCCCCOC(=O)c1ccc(OC(=O)C2CCC(C(C)=O)CC2)cc1.CCCCCCCOC(=O)c1ccc(OC)cc1.CCCCCCCc1ccc(OC(=O)C2CCC(C(=O)Oc3ccc(CCCCCCC)cc3)CC2)cc1.[HH].[HH]. The smallest absolute Gasteiger partial charge is 0.338 e. The summed E-state index contributed by atoms with van der Waals surface area (Å²) in [5.41, 5.74) is 3.61. The van der Waals surface area contributed by atoms with Crippen LogP contribution < -0.4 is 18.9 Å². The Labute approximate surface area is 507 Å². The summed E-state index contributed by atoms with van der Waals surface area (Å²) in [5.74, 6) is 0.955. The summed E-state index contributed by atoms with van der Waals surface area (Å²) in [6, 6.07) is 29.3. The Balaban J connectivity index is 0.000000463. The van der Waals surface area contributed by atoms with Crippen LogP contribution in [0.4, 0.5) is 0 Å². The van der Waals surface area contributed by atoms with E-state index in [0.717, 1.165) is 57.1 Å². The molecular formula is C72H106O12. The fourth-order valence-electron chi connectivity index (χ4n) is 10.5. The van der Waals surface area contributed by atoms with Crippen molar-refractivity contribution in [2.75, 3.05) is 20.3 Å². The van der Waals surface area contributed by atoms with Gasteiger partial charge in [-0.25, -0.2) is 9.59 Å². The number of hydrogen-bond acceptors (Lipinski definition) is 12. The molecule has 12 heteroatoms. The molecule has 0 amide bonds. The highest BCUT2D eigenvalue weighted by molar-refractivity contribution is 5.90. The van der Waals surface area contributed by atoms with Gasteiger partial charge in [0.2, 0.25) is 0 Å². The second-order valence-electron chi connectivity index (χ2n) is 22.9. The zero-order chi connectivity index (χ0) is 60.6. The van der Waals surface area contributed by atoms with E-state index in [1.807, 2.05) is 24.3 Å². The summed E-state index contributed by atoms with van der Waals surface area (Å²) in [6.07, 6.45) is 31.7. The van der Waals surface area contributed by atoms with E-state index in [0.29, 0.717) is 80.1 Å². The van der Waals surface area contributed by atoms with Crippen molar-refractivity contribution in [3.63, 3.8) is 0 Å². The highest BCUT2D eigenvalue weighted by Gasteiger charge is 2.33. The van der Waals surface area contributed by atoms with E-state index in [-0.39, 0.29) is 62.2 Å². The number of hydrogen-bond donors (Lipinski definition) is 0. The number of Topliss-reactive ketones (excluding diaryl/α,β-unsaturated/α-hetero) is 1. The molecule has 0 N–H and O–H groups in total. The monoisotopic (exact) mass is 1160 g/mol. The molecule has 0 spiro atoms. The van der Waals surface area contributed by atoms with Crippen molar-refractivity contribution in [3.05, 3.63) is 119 Å². The number of carbonyl (C=O) groups excluding carboxylic acids is 6. The summed E-state index contributed by atoms with van der Waals surface area (Å²) in [4.78, 5) is 72.9. The van der Waals surface area contributed by atoms with Crippen LogP contribution in [0.5, 0.6) is 23.0 Å². The second kappa shape index (κ2) is 42.5. The Morgan fingerprint density at radius 3 is 0.929 bits per heavy atom. The van der Waals surface area contributed by atoms with Gasteiger partial charge in [-0.3, -0.25) is 19.2 Å². The third-order valence-corrected chi connectivity index (χ3v) is 16.0. The quantitative estimate of drug-likeness (QED) is 0.0248. The van der Waals surface area contributed by atoms with E-state index in [1.165, 1.54) is 114 Å². The Kier molecular flexibility index (Phi) is 35.5. The van der Waals surface area contributed by atoms with Crippen LogP contribution in [0.1, 0.15) is 249 Å². The standard InChI is InChI=1S/C34H48O4.C23H32O5.C15H22O3.2H2/c1-3-5-7-9-11-13-27-15-23-31(24-16-27)37-33(35)29-19-21-30(22-20-29)34(36)38-32-25-17-28(18-26-32)14-12-10-8-6-4-2;1-3-4-5-6-7-16-27-22(25)19-12-14-21(15-13-19)28-23(26)20-10-8-18(9-11-20)17(2)24;1-3-4-5-6-7-12-18-15(16)13-8-10-14(17-2)11-9-13;;/h15-18,23-26,29-30H,3-14,19-22H2,1-2H3;12-15,18,20H,3-11,16H2,1-2H3;8-11H,3-7,12H2,1-2H3;2*1H. The van der Waals surface area contributed by atoms with Gasteiger partial charge in [-0.15, -0.1) is 0 Å². The van der Waals surface area contributed by atoms with E-state index >= 15 is 0 Å². The number of unbranched alkanes of at least 4 members (excludes halogenated alkanes) is 16. The molecule has 0 heterocycles. The normalized spacial score (nSPS) is 16.3. The van der Waals surface area contributed by atoms with Crippen molar-refractivity contribution >= 4 is 35.6 Å². The summed E-state index contributed by atoms with van der Waals surface area (Å²) >= 11 is 0. The van der Waals surface area contributed by atoms with Crippen LogP contribution in [-0.2, 0) is 41.5 Å². The highest BCUT2D eigenvalue weighted by atomic mass is 16.6. The fraction of sp³-hybridized carbons (Fsp3) is 0.583. The van der Waals surface area contributed by atoms with E-state index in [9.17, 15) is 28.8 Å². The van der Waals surface area contributed by atoms with Gasteiger partial charge in [0.1, 0.15) is 28.8 Å². The topological polar surface area (TPSA) is 158 Å². The van der Waals surface area contributed by atoms with E-state index in [1.54, 1.807) is 62.6 Å². The zero-order valence-corrected chi connectivity index (χ0v) is 52.1. The predicted octanol–water partition coefficient (Wildman–Crippen LogP) is 18.5. The third-order valence-electron chi connectivity index (χ3n) is 16.0. The second-order valence-corrected chi connectivity index (χ2v) is 22.9. The molecule has 0 saturated heterocycles. The average Bonchev–Trinajstić information content (AvgIpc) is 3.71. The van der Waals surface area contributed by atoms with E-state index in [2.05, 4.69) is 52.0 Å². The van der Waals surface area contributed by atoms with Gasteiger partial charge in [-0.2, -0.15) is 0 Å².